The molecule has 11 heteroatoms. The first-order chi connectivity index (χ1) is 11.8. The van der Waals surface area contributed by atoms with Crippen molar-refractivity contribution in [3.8, 4) is 5.88 Å². The van der Waals surface area contributed by atoms with E-state index in [1.807, 2.05) is 0 Å². The number of aryl methyl sites for hydroxylation is 1. The average Bonchev–Trinajstić information content (AvgIpc) is 2.93. The molecule has 0 aliphatic rings. The van der Waals surface area contributed by atoms with Gasteiger partial charge in [-0.3, -0.25) is 14.5 Å². The molecule has 0 saturated heterocycles. The molecule has 0 fully saturated rings. The molecule has 3 heterocycles. The third-order valence-electron chi connectivity index (χ3n) is 3.24. The van der Waals surface area contributed by atoms with Crippen LogP contribution < -0.4 is 15.6 Å². The minimum atomic E-state index is -4.43. The molecule has 0 unspecified atom stereocenters. The highest BCUT2D eigenvalue weighted by Gasteiger charge is 2.28. The monoisotopic (exact) mass is 354 g/mol. The number of hydrogen-bond acceptors (Lipinski definition) is 6. The summed E-state index contributed by atoms with van der Waals surface area (Å²) < 4.78 is 42.6. The van der Waals surface area contributed by atoms with E-state index in [9.17, 15) is 18.0 Å². The Labute approximate surface area is 138 Å². The maximum atomic E-state index is 12.2. The maximum absolute atomic E-state index is 12.2. The molecule has 0 spiro atoms. The Bertz CT molecular complexity index is 950. The number of ether oxygens (including phenoxy) is 1. The molecule has 3 aromatic rings. The number of aromatic amines is 1. The van der Waals surface area contributed by atoms with Crippen molar-refractivity contribution in [2.24, 2.45) is 7.05 Å². The topological polar surface area (TPSA) is 97.7 Å². The molecule has 25 heavy (non-hydrogen) atoms. The fourth-order valence-corrected chi connectivity index (χ4v) is 2.10. The molecule has 0 saturated carbocycles. The minimum Gasteiger partial charge on any atom is -0.468 e. The van der Waals surface area contributed by atoms with Crippen LogP contribution in [0.5, 0.6) is 5.88 Å². The Morgan fingerprint density at radius 1 is 1.40 bits per heavy atom. The first kappa shape index (κ1) is 16.7. The quantitative estimate of drug-likeness (QED) is 0.722. The van der Waals surface area contributed by atoms with E-state index in [2.05, 4.69) is 30.1 Å². The van der Waals surface area contributed by atoms with Crippen molar-refractivity contribution < 1.29 is 17.9 Å². The number of halogens is 3. The molecule has 0 aliphatic carbocycles. The molecule has 0 amide bonds. The van der Waals surface area contributed by atoms with E-state index in [-0.39, 0.29) is 23.9 Å². The van der Waals surface area contributed by atoms with Gasteiger partial charge in [-0.1, -0.05) is 0 Å². The highest BCUT2D eigenvalue weighted by molar-refractivity contribution is 5.74. The van der Waals surface area contributed by atoms with Gasteiger partial charge in [-0.05, 0) is 11.6 Å². The van der Waals surface area contributed by atoms with E-state index in [0.717, 1.165) is 0 Å². The number of anilines is 1. The number of nitrogens with zero attached hydrogens (tertiary/aromatic N) is 4. The van der Waals surface area contributed by atoms with Gasteiger partial charge in [0.15, 0.2) is 12.3 Å². The molecule has 3 aromatic heterocycles. The van der Waals surface area contributed by atoms with Gasteiger partial charge < -0.3 is 10.1 Å². The van der Waals surface area contributed by atoms with E-state index < -0.39 is 12.8 Å². The van der Waals surface area contributed by atoms with Crippen LogP contribution >= 0.6 is 0 Å². The molecule has 132 valence electrons. The highest BCUT2D eigenvalue weighted by Crippen LogP contribution is 2.18. The summed E-state index contributed by atoms with van der Waals surface area (Å²) in [5.74, 6) is 0.0795. The number of fused-ring (bicyclic) bond motifs is 1. The zero-order chi connectivity index (χ0) is 18.0. The van der Waals surface area contributed by atoms with E-state index >= 15 is 0 Å². The molecule has 3 rings (SSSR count). The second-order valence-corrected chi connectivity index (χ2v) is 5.18. The molecule has 0 atom stereocenters. The number of alkyl halides is 3. The van der Waals surface area contributed by atoms with Gasteiger partial charge in [0.2, 0.25) is 11.8 Å². The number of nitrogens with one attached hydrogen (secondary N) is 2. The van der Waals surface area contributed by atoms with Crippen molar-refractivity contribution in [2.45, 2.75) is 12.7 Å². The molecule has 0 aliphatic heterocycles. The van der Waals surface area contributed by atoms with E-state index in [0.29, 0.717) is 16.6 Å². The summed E-state index contributed by atoms with van der Waals surface area (Å²) in [4.78, 5) is 22.5. The van der Waals surface area contributed by atoms with Gasteiger partial charge in [-0.25, -0.2) is 4.98 Å². The Kier molecular flexibility index (Phi) is 4.30. The summed E-state index contributed by atoms with van der Waals surface area (Å²) in [5.41, 5.74) is 0.680. The predicted octanol–water partition coefficient (Wildman–Crippen LogP) is 1.60. The Morgan fingerprint density at radius 2 is 2.20 bits per heavy atom. The molecular formula is C14H13F3N6O2. The third-order valence-corrected chi connectivity index (χ3v) is 3.24. The van der Waals surface area contributed by atoms with Crippen LogP contribution in [-0.4, -0.2) is 37.5 Å². The summed E-state index contributed by atoms with van der Waals surface area (Å²) >= 11 is 0. The van der Waals surface area contributed by atoms with Crippen LogP contribution in [0.3, 0.4) is 0 Å². The van der Waals surface area contributed by atoms with Crippen LogP contribution in [0.25, 0.3) is 11.0 Å². The molecule has 0 bridgehead atoms. The average molecular weight is 354 g/mol. The maximum Gasteiger partial charge on any atom is 0.422 e. The van der Waals surface area contributed by atoms with Crippen molar-refractivity contribution in [3.05, 3.63) is 40.4 Å². The van der Waals surface area contributed by atoms with Crippen LogP contribution in [0.4, 0.5) is 19.1 Å². The molecule has 8 nitrogen and oxygen atoms in total. The van der Waals surface area contributed by atoms with Crippen molar-refractivity contribution in [3.63, 3.8) is 0 Å². The van der Waals surface area contributed by atoms with E-state index in [1.165, 1.54) is 23.1 Å². The summed E-state index contributed by atoms with van der Waals surface area (Å²) in [7, 11) is 1.66. The van der Waals surface area contributed by atoms with Gasteiger partial charge in [0.1, 0.15) is 5.39 Å². The van der Waals surface area contributed by atoms with Crippen LogP contribution in [0.2, 0.25) is 0 Å². The number of hydrogen-bond donors (Lipinski definition) is 2. The Balaban J connectivity index is 1.71. The highest BCUT2D eigenvalue weighted by atomic mass is 19.4. The van der Waals surface area contributed by atoms with Crippen LogP contribution in [0, 0.1) is 0 Å². The van der Waals surface area contributed by atoms with Crippen molar-refractivity contribution in [2.75, 3.05) is 11.9 Å². The minimum absolute atomic E-state index is 0.139. The number of rotatable bonds is 5. The summed E-state index contributed by atoms with van der Waals surface area (Å²) in [6.07, 6.45) is -1.68. The number of pyridine rings is 1. The lowest BCUT2D eigenvalue weighted by Gasteiger charge is -2.10. The van der Waals surface area contributed by atoms with Gasteiger partial charge in [0.25, 0.3) is 5.56 Å². The fraction of sp³-hybridized carbons (Fsp3) is 0.286. The van der Waals surface area contributed by atoms with Crippen molar-refractivity contribution in [1.82, 2.24) is 24.7 Å². The van der Waals surface area contributed by atoms with Gasteiger partial charge >= 0.3 is 6.18 Å². The lowest BCUT2D eigenvalue weighted by atomic mass is 10.2. The number of aromatic nitrogens is 5. The number of H-pyrrole nitrogens is 1. The predicted molar refractivity (Wildman–Crippen MR) is 82.2 cm³/mol. The van der Waals surface area contributed by atoms with Crippen molar-refractivity contribution >= 4 is 17.0 Å². The summed E-state index contributed by atoms with van der Waals surface area (Å²) in [5, 5.41) is 7.22. The first-order valence-electron chi connectivity index (χ1n) is 7.12. The second kappa shape index (κ2) is 6.42. The van der Waals surface area contributed by atoms with Gasteiger partial charge in [0, 0.05) is 25.9 Å². The largest absolute Gasteiger partial charge is 0.468 e. The summed E-state index contributed by atoms with van der Waals surface area (Å²) in [6.45, 7) is -1.21. The zero-order valence-electron chi connectivity index (χ0n) is 13.0. The van der Waals surface area contributed by atoms with Crippen molar-refractivity contribution in [1.29, 1.82) is 0 Å². The lowest BCUT2D eigenvalue weighted by Crippen LogP contribution is -2.19. The zero-order valence-corrected chi connectivity index (χ0v) is 13.0. The molecular weight excluding hydrogens is 341 g/mol. The van der Waals surface area contributed by atoms with Crippen LogP contribution in [0.1, 0.15) is 5.56 Å². The molecule has 0 radical (unpaired) electrons. The first-order valence-corrected chi connectivity index (χ1v) is 7.12. The SMILES string of the molecule is Cn1ncc2c(=O)[nH]c(NCc3ccnc(OCC(F)(F)F)c3)nc21. The van der Waals surface area contributed by atoms with Crippen LogP contribution in [0.15, 0.2) is 29.3 Å². The Hall–Kier alpha value is -3.11. The van der Waals surface area contributed by atoms with Crippen LogP contribution in [-0.2, 0) is 13.6 Å². The van der Waals surface area contributed by atoms with Gasteiger partial charge in [-0.15, -0.1) is 0 Å². The van der Waals surface area contributed by atoms with Gasteiger partial charge in [-0.2, -0.15) is 23.3 Å². The fourth-order valence-electron chi connectivity index (χ4n) is 2.10. The smallest absolute Gasteiger partial charge is 0.422 e. The Morgan fingerprint density at radius 3 is 2.96 bits per heavy atom. The summed E-state index contributed by atoms with van der Waals surface area (Å²) in [6, 6.07) is 2.98. The normalized spacial score (nSPS) is 11.7. The van der Waals surface area contributed by atoms with E-state index in [4.69, 9.17) is 0 Å². The standard InChI is InChI=1S/C14H13F3N6O2/c1-23-11-9(6-20-23)12(24)22-13(21-11)19-5-8-2-3-18-10(4-8)25-7-14(15,16)17/h2-4,6H,5,7H2,1H3,(H2,19,21,22,24). The van der Waals surface area contributed by atoms with Gasteiger partial charge in [0.05, 0.1) is 6.20 Å². The molecule has 2 N–H and O–H groups in total. The third kappa shape index (κ3) is 4.05. The second-order valence-electron chi connectivity index (χ2n) is 5.18. The lowest BCUT2D eigenvalue weighted by molar-refractivity contribution is -0.154. The van der Waals surface area contributed by atoms with E-state index in [1.54, 1.807) is 13.1 Å². The molecule has 0 aromatic carbocycles.